The molecule has 3 rings (SSSR count). The first-order valence-corrected chi connectivity index (χ1v) is 9.14. The van der Waals surface area contributed by atoms with Gasteiger partial charge < -0.3 is 15.8 Å². The van der Waals surface area contributed by atoms with Crippen LogP contribution in [0.3, 0.4) is 0 Å². The molecule has 2 unspecified atom stereocenters. The third-order valence-corrected chi connectivity index (χ3v) is 4.90. The molecule has 6 nitrogen and oxygen atoms in total. The first kappa shape index (κ1) is 18.9. The highest BCUT2D eigenvalue weighted by atomic mass is 16.5. The van der Waals surface area contributed by atoms with Crippen LogP contribution in [0.2, 0.25) is 0 Å². The van der Waals surface area contributed by atoms with Crippen molar-refractivity contribution in [2.24, 2.45) is 5.73 Å². The Morgan fingerprint density at radius 2 is 2.00 bits per heavy atom. The Hall–Kier alpha value is -2.86. The van der Waals surface area contributed by atoms with Gasteiger partial charge in [0.25, 0.3) is 5.91 Å². The summed E-state index contributed by atoms with van der Waals surface area (Å²) in [5, 5.41) is 3.03. The molecule has 0 radical (unpaired) electrons. The summed E-state index contributed by atoms with van der Waals surface area (Å²) in [6, 6.07) is 17.3. The van der Waals surface area contributed by atoms with E-state index in [0.29, 0.717) is 17.4 Å². The molecular weight excluding hydrogens is 342 g/mol. The van der Waals surface area contributed by atoms with Gasteiger partial charge in [-0.15, -0.1) is 0 Å². The van der Waals surface area contributed by atoms with Gasteiger partial charge in [-0.25, -0.2) is 0 Å². The van der Waals surface area contributed by atoms with Crippen molar-refractivity contribution >= 4 is 11.8 Å². The fourth-order valence-corrected chi connectivity index (χ4v) is 3.36. The van der Waals surface area contributed by atoms with Crippen LogP contribution in [0.25, 0.3) is 0 Å². The Morgan fingerprint density at radius 3 is 2.74 bits per heavy atom. The van der Waals surface area contributed by atoms with E-state index in [-0.39, 0.29) is 18.6 Å². The predicted octanol–water partition coefficient (Wildman–Crippen LogP) is 2.12. The summed E-state index contributed by atoms with van der Waals surface area (Å²) in [4.78, 5) is 25.8. The van der Waals surface area contributed by atoms with E-state index in [4.69, 9.17) is 10.5 Å². The van der Waals surface area contributed by atoms with Crippen molar-refractivity contribution in [2.45, 2.75) is 25.4 Å². The normalized spacial score (nSPS) is 18.0. The minimum Gasteiger partial charge on any atom is -0.484 e. The third-order valence-electron chi connectivity index (χ3n) is 4.90. The average Bonchev–Trinajstić information content (AvgIpc) is 3.15. The second-order valence-electron chi connectivity index (χ2n) is 6.82. The monoisotopic (exact) mass is 367 g/mol. The molecule has 0 saturated carbocycles. The zero-order valence-electron chi connectivity index (χ0n) is 15.4. The maximum absolute atomic E-state index is 12.2. The number of benzene rings is 2. The number of amides is 2. The first-order chi connectivity index (χ1) is 13.0. The van der Waals surface area contributed by atoms with Gasteiger partial charge in [-0.05, 0) is 37.1 Å². The molecule has 1 heterocycles. The van der Waals surface area contributed by atoms with Crippen molar-refractivity contribution in [3.63, 3.8) is 0 Å². The van der Waals surface area contributed by atoms with Crippen LogP contribution in [0.15, 0.2) is 54.6 Å². The van der Waals surface area contributed by atoms with Gasteiger partial charge in [0.1, 0.15) is 5.75 Å². The van der Waals surface area contributed by atoms with E-state index in [1.807, 2.05) is 18.2 Å². The number of rotatable bonds is 7. The van der Waals surface area contributed by atoms with Crippen LogP contribution in [-0.4, -0.2) is 42.5 Å². The van der Waals surface area contributed by atoms with Gasteiger partial charge >= 0.3 is 0 Å². The van der Waals surface area contributed by atoms with E-state index in [0.717, 1.165) is 19.5 Å². The molecule has 0 aliphatic carbocycles. The van der Waals surface area contributed by atoms with Gasteiger partial charge in [0.05, 0.1) is 0 Å². The first-order valence-electron chi connectivity index (χ1n) is 9.14. The molecule has 1 fully saturated rings. The summed E-state index contributed by atoms with van der Waals surface area (Å²) in [5.74, 6) is -0.241. The lowest BCUT2D eigenvalue weighted by molar-refractivity contribution is -0.123. The molecule has 2 aromatic carbocycles. The molecule has 0 spiro atoms. The lowest BCUT2D eigenvalue weighted by atomic mass is 10.1. The zero-order chi connectivity index (χ0) is 19.2. The molecule has 1 saturated heterocycles. The summed E-state index contributed by atoms with van der Waals surface area (Å²) in [6.07, 6.45) is 0.917. The van der Waals surface area contributed by atoms with Gasteiger partial charge in [0.2, 0.25) is 5.91 Å². The van der Waals surface area contributed by atoms with E-state index in [1.54, 1.807) is 18.2 Å². The number of carbonyl (C=O) groups excluding carboxylic acids is 2. The Kier molecular flexibility index (Phi) is 6.08. The van der Waals surface area contributed by atoms with Gasteiger partial charge in [-0.3, -0.25) is 14.5 Å². The summed E-state index contributed by atoms with van der Waals surface area (Å²) >= 11 is 0. The number of ether oxygens (including phenoxy) is 1. The standard InChI is InChI=1S/C21H25N3O3/c1-15(16-6-3-2-4-7-16)24-11-10-18(13-24)23-20(25)14-27-19-9-5-8-17(12-19)21(22)26/h2-9,12,15,18H,10-11,13-14H2,1H3,(H2,22,26)(H,23,25). The molecule has 2 atom stereocenters. The van der Waals surface area contributed by atoms with Crippen LogP contribution in [0.5, 0.6) is 5.75 Å². The van der Waals surface area contributed by atoms with Crippen molar-refractivity contribution in [1.82, 2.24) is 10.2 Å². The molecule has 3 N–H and O–H groups in total. The third kappa shape index (κ3) is 5.08. The van der Waals surface area contributed by atoms with E-state index < -0.39 is 5.91 Å². The lowest BCUT2D eigenvalue weighted by Gasteiger charge is -2.24. The molecule has 0 bridgehead atoms. The van der Waals surface area contributed by atoms with Crippen molar-refractivity contribution in [2.75, 3.05) is 19.7 Å². The molecular formula is C21H25N3O3. The highest BCUT2D eigenvalue weighted by Gasteiger charge is 2.27. The molecule has 6 heteroatoms. The largest absolute Gasteiger partial charge is 0.484 e. The number of hydrogen-bond acceptors (Lipinski definition) is 4. The fourth-order valence-electron chi connectivity index (χ4n) is 3.36. The number of primary amides is 1. The number of nitrogens with one attached hydrogen (secondary N) is 1. The fraction of sp³-hybridized carbons (Fsp3) is 0.333. The van der Waals surface area contributed by atoms with E-state index in [1.165, 1.54) is 11.6 Å². The quantitative estimate of drug-likeness (QED) is 0.785. The van der Waals surface area contributed by atoms with Gasteiger partial charge in [-0.2, -0.15) is 0 Å². The smallest absolute Gasteiger partial charge is 0.258 e. The second kappa shape index (κ2) is 8.68. The SMILES string of the molecule is CC(c1ccccc1)N1CCC(NC(=O)COc2cccc(C(N)=O)c2)C1. The van der Waals surface area contributed by atoms with Gasteiger partial charge in [0.15, 0.2) is 6.61 Å². The number of carbonyl (C=O) groups is 2. The maximum atomic E-state index is 12.2. The molecule has 2 aromatic rings. The number of nitrogens with two attached hydrogens (primary N) is 1. The summed E-state index contributed by atoms with van der Waals surface area (Å²) < 4.78 is 5.48. The molecule has 27 heavy (non-hydrogen) atoms. The van der Waals surface area contributed by atoms with Crippen LogP contribution < -0.4 is 15.8 Å². The highest BCUT2D eigenvalue weighted by molar-refractivity contribution is 5.93. The Morgan fingerprint density at radius 1 is 1.22 bits per heavy atom. The molecule has 142 valence electrons. The van der Waals surface area contributed by atoms with E-state index in [9.17, 15) is 9.59 Å². The van der Waals surface area contributed by atoms with Crippen molar-refractivity contribution in [3.8, 4) is 5.75 Å². The number of hydrogen-bond donors (Lipinski definition) is 2. The molecule has 1 aliphatic heterocycles. The van der Waals surface area contributed by atoms with Crippen LogP contribution in [0.1, 0.15) is 35.3 Å². The van der Waals surface area contributed by atoms with Gasteiger partial charge in [0, 0.05) is 30.7 Å². The Bertz CT molecular complexity index is 794. The van der Waals surface area contributed by atoms with Crippen molar-refractivity contribution in [3.05, 3.63) is 65.7 Å². The van der Waals surface area contributed by atoms with Crippen molar-refractivity contribution in [1.29, 1.82) is 0 Å². The predicted molar refractivity (Wildman–Crippen MR) is 103 cm³/mol. The van der Waals surface area contributed by atoms with Crippen LogP contribution in [0, 0.1) is 0 Å². The van der Waals surface area contributed by atoms with Crippen molar-refractivity contribution < 1.29 is 14.3 Å². The van der Waals surface area contributed by atoms with E-state index in [2.05, 4.69) is 29.3 Å². The molecule has 1 aliphatic rings. The van der Waals surface area contributed by atoms with Gasteiger partial charge in [-0.1, -0.05) is 36.4 Å². The number of likely N-dealkylation sites (tertiary alicyclic amines) is 1. The minimum absolute atomic E-state index is 0.0903. The topological polar surface area (TPSA) is 84.7 Å². The number of nitrogens with zero attached hydrogens (tertiary/aromatic N) is 1. The van der Waals surface area contributed by atoms with Crippen LogP contribution in [-0.2, 0) is 4.79 Å². The summed E-state index contributed by atoms with van der Waals surface area (Å²) in [7, 11) is 0. The maximum Gasteiger partial charge on any atom is 0.258 e. The Balaban J connectivity index is 1.46. The Labute approximate surface area is 159 Å². The summed E-state index contributed by atoms with van der Waals surface area (Å²) in [5.41, 5.74) is 6.88. The zero-order valence-corrected chi connectivity index (χ0v) is 15.4. The summed E-state index contributed by atoms with van der Waals surface area (Å²) in [6.45, 7) is 3.86. The second-order valence-corrected chi connectivity index (χ2v) is 6.82. The highest BCUT2D eigenvalue weighted by Crippen LogP contribution is 2.24. The van der Waals surface area contributed by atoms with Crippen LogP contribution >= 0.6 is 0 Å². The van der Waals surface area contributed by atoms with Crippen LogP contribution in [0.4, 0.5) is 0 Å². The average molecular weight is 367 g/mol. The van der Waals surface area contributed by atoms with E-state index >= 15 is 0 Å². The minimum atomic E-state index is -0.525. The molecule has 2 amide bonds. The lowest BCUT2D eigenvalue weighted by Crippen LogP contribution is -2.40. The molecule has 0 aromatic heterocycles.